The number of rotatable bonds is 2. The number of benzene rings is 1. The van der Waals surface area contributed by atoms with Gasteiger partial charge in [-0.3, -0.25) is 4.79 Å². The number of aryl methyl sites for hydroxylation is 1. The Labute approximate surface area is 107 Å². The van der Waals surface area contributed by atoms with Crippen molar-refractivity contribution in [1.29, 1.82) is 0 Å². The average Bonchev–Trinajstić information content (AvgIpc) is 2.61. The summed E-state index contributed by atoms with van der Waals surface area (Å²) in [5.41, 5.74) is 0.912. The Hall–Kier alpha value is -1.75. The van der Waals surface area contributed by atoms with Crippen molar-refractivity contribution in [3.63, 3.8) is 0 Å². The third-order valence-electron chi connectivity index (χ3n) is 2.36. The van der Waals surface area contributed by atoms with Gasteiger partial charge in [-0.2, -0.15) is 0 Å². The predicted octanol–water partition coefficient (Wildman–Crippen LogP) is 2.75. The summed E-state index contributed by atoms with van der Waals surface area (Å²) in [6.45, 7) is 0. The van der Waals surface area contributed by atoms with Crippen LogP contribution >= 0.6 is 15.9 Å². The van der Waals surface area contributed by atoms with E-state index in [1.54, 1.807) is 42.1 Å². The van der Waals surface area contributed by atoms with Crippen LogP contribution in [-0.4, -0.2) is 15.6 Å². The molecule has 4 nitrogen and oxygen atoms in total. The Morgan fingerprint density at radius 3 is 2.71 bits per heavy atom. The number of aromatic nitrogens is 1. The number of carbonyl (C=O) groups is 1. The van der Waals surface area contributed by atoms with Crippen LogP contribution in [0.1, 0.15) is 10.5 Å². The number of phenols is 1. The molecule has 0 aliphatic carbocycles. The molecule has 5 heteroatoms. The summed E-state index contributed by atoms with van der Waals surface area (Å²) >= 11 is 3.30. The predicted molar refractivity (Wildman–Crippen MR) is 69.2 cm³/mol. The van der Waals surface area contributed by atoms with Gasteiger partial charge in [-0.25, -0.2) is 0 Å². The molecule has 0 unspecified atom stereocenters. The lowest BCUT2D eigenvalue weighted by atomic mass is 10.3. The summed E-state index contributed by atoms with van der Waals surface area (Å²) in [4.78, 5) is 11.9. The number of hydrogen-bond acceptors (Lipinski definition) is 2. The first-order valence-electron chi connectivity index (χ1n) is 4.99. The number of hydrogen-bond donors (Lipinski definition) is 2. The summed E-state index contributed by atoms with van der Waals surface area (Å²) < 4.78 is 2.54. The lowest BCUT2D eigenvalue weighted by molar-refractivity contribution is 0.101. The number of aromatic hydroxyl groups is 1. The number of nitrogens with one attached hydrogen (secondary N) is 1. The van der Waals surface area contributed by atoms with E-state index in [-0.39, 0.29) is 11.7 Å². The molecule has 0 aliphatic rings. The Morgan fingerprint density at radius 2 is 2.12 bits per heavy atom. The van der Waals surface area contributed by atoms with Gasteiger partial charge in [0.05, 0.1) is 5.69 Å². The Balaban J connectivity index is 2.23. The maximum absolute atomic E-state index is 11.9. The highest BCUT2D eigenvalue weighted by Crippen LogP contribution is 2.23. The second-order valence-electron chi connectivity index (χ2n) is 3.63. The van der Waals surface area contributed by atoms with Crippen LogP contribution < -0.4 is 5.32 Å². The number of halogens is 1. The Bertz CT molecular complexity index is 563. The molecule has 1 aromatic heterocycles. The molecule has 0 bridgehead atoms. The SMILES string of the molecule is Cn1cc(Br)cc1C(=O)Nc1ccccc1O. The molecule has 0 aliphatic heterocycles. The number of amides is 1. The molecular formula is C12H11BrN2O2. The molecule has 0 saturated carbocycles. The van der Waals surface area contributed by atoms with Crippen LogP contribution in [0, 0.1) is 0 Å². The van der Waals surface area contributed by atoms with Crippen molar-refractivity contribution in [2.45, 2.75) is 0 Å². The van der Waals surface area contributed by atoms with E-state index in [1.807, 2.05) is 0 Å². The molecule has 1 aromatic carbocycles. The van der Waals surface area contributed by atoms with Crippen LogP contribution in [0.5, 0.6) is 5.75 Å². The molecule has 0 fully saturated rings. The van der Waals surface area contributed by atoms with E-state index >= 15 is 0 Å². The maximum Gasteiger partial charge on any atom is 0.272 e. The maximum atomic E-state index is 11.9. The summed E-state index contributed by atoms with van der Waals surface area (Å²) in [5, 5.41) is 12.2. The molecule has 2 rings (SSSR count). The smallest absolute Gasteiger partial charge is 0.272 e. The molecule has 0 atom stereocenters. The van der Waals surface area contributed by atoms with E-state index in [1.165, 1.54) is 6.07 Å². The normalized spacial score (nSPS) is 10.2. The van der Waals surface area contributed by atoms with Gasteiger partial charge in [-0.05, 0) is 34.1 Å². The van der Waals surface area contributed by atoms with Crippen LogP contribution in [-0.2, 0) is 7.05 Å². The van der Waals surface area contributed by atoms with Crippen LogP contribution in [0.2, 0.25) is 0 Å². The monoisotopic (exact) mass is 294 g/mol. The third kappa shape index (κ3) is 2.50. The minimum Gasteiger partial charge on any atom is -0.506 e. The minimum atomic E-state index is -0.264. The second-order valence-corrected chi connectivity index (χ2v) is 4.54. The van der Waals surface area contributed by atoms with E-state index in [4.69, 9.17) is 0 Å². The van der Waals surface area contributed by atoms with Crippen molar-refractivity contribution in [3.8, 4) is 5.75 Å². The number of nitrogens with zero attached hydrogens (tertiary/aromatic N) is 1. The van der Waals surface area contributed by atoms with E-state index in [2.05, 4.69) is 21.2 Å². The first kappa shape index (κ1) is 11.7. The van der Waals surface area contributed by atoms with Crippen LogP contribution in [0.15, 0.2) is 41.0 Å². The molecule has 0 spiro atoms. The molecule has 0 radical (unpaired) electrons. The standard InChI is InChI=1S/C12H11BrN2O2/c1-15-7-8(13)6-10(15)12(17)14-9-4-2-3-5-11(9)16/h2-7,16H,1H3,(H,14,17). The van der Waals surface area contributed by atoms with E-state index in [0.29, 0.717) is 11.4 Å². The molecule has 17 heavy (non-hydrogen) atoms. The number of para-hydroxylation sites is 2. The van der Waals surface area contributed by atoms with Crippen molar-refractivity contribution in [2.75, 3.05) is 5.32 Å². The quantitative estimate of drug-likeness (QED) is 0.837. The lowest BCUT2D eigenvalue weighted by Gasteiger charge is -2.07. The largest absolute Gasteiger partial charge is 0.506 e. The average molecular weight is 295 g/mol. The van der Waals surface area contributed by atoms with Gasteiger partial charge in [0.15, 0.2) is 0 Å². The lowest BCUT2D eigenvalue weighted by Crippen LogP contribution is -2.15. The molecule has 2 N–H and O–H groups in total. The van der Waals surface area contributed by atoms with Gasteiger partial charge in [-0.1, -0.05) is 12.1 Å². The summed E-state index contributed by atoms with van der Waals surface area (Å²) in [6.07, 6.45) is 1.79. The molecule has 0 saturated heterocycles. The van der Waals surface area contributed by atoms with Gasteiger partial charge in [-0.15, -0.1) is 0 Å². The minimum absolute atomic E-state index is 0.0501. The number of anilines is 1. The fourth-order valence-corrected chi connectivity index (χ4v) is 2.04. The highest BCUT2D eigenvalue weighted by atomic mass is 79.9. The van der Waals surface area contributed by atoms with Gasteiger partial charge in [0, 0.05) is 17.7 Å². The van der Waals surface area contributed by atoms with Gasteiger partial charge < -0.3 is 15.0 Å². The molecule has 2 aromatic rings. The fourth-order valence-electron chi connectivity index (χ4n) is 1.52. The zero-order chi connectivity index (χ0) is 12.4. The zero-order valence-corrected chi connectivity index (χ0v) is 10.7. The molecular weight excluding hydrogens is 284 g/mol. The second kappa shape index (κ2) is 4.63. The van der Waals surface area contributed by atoms with Gasteiger partial charge in [0.1, 0.15) is 11.4 Å². The third-order valence-corrected chi connectivity index (χ3v) is 2.79. The number of carbonyl (C=O) groups excluding carboxylic acids is 1. The van der Waals surface area contributed by atoms with Gasteiger partial charge in [0.25, 0.3) is 5.91 Å². The van der Waals surface area contributed by atoms with Crippen molar-refractivity contribution >= 4 is 27.5 Å². The highest BCUT2D eigenvalue weighted by molar-refractivity contribution is 9.10. The van der Waals surface area contributed by atoms with E-state index in [9.17, 15) is 9.90 Å². The zero-order valence-electron chi connectivity index (χ0n) is 9.14. The topological polar surface area (TPSA) is 54.3 Å². The van der Waals surface area contributed by atoms with Crippen LogP contribution in [0.25, 0.3) is 0 Å². The Morgan fingerprint density at radius 1 is 1.41 bits per heavy atom. The summed E-state index contributed by atoms with van der Waals surface area (Å²) in [6, 6.07) is 8.33. The molecule has 88 valence electrons. The van der Waals surface area contributed by atoms with Crippen molar-refractivity contribution < 1.29 is 9.90 Å². The number of phenolic OH excluding ortho intramolecular Hbond substituents is 1. The van der Waals surface area contributed by atoms with Gasteiger partial charge in [0.2, 0.25) is 0 Å². The molecule has 1 heterocycles. The summed E-state index contributed by atoms with van der Waals surface area (Å²) in [5.74, 6) is -0.214. The van der Waals surface area contributed by atoms with Crippen molar-refractivity contribution in [2.24, 2.45) is 7.05 Å². The first-order valence-corrected chi connectivity index (χ1v) is 5.78. The van der Waals surface area contributed by atoms with E-state index < -0.39 is 0 Å². The first-order chi connectivity index (χ1) is 8.08. The fraction of sp³-hybridized carbons (Fsp3) is 0.0833. The van der Waals surface area contributed by atoms with Gasteiger partial charge >= 0.3 is 0 Å². The summed E-state index contributed by atoms with van der Waals surface area (Å²) in [7, 11) is 1.78. The van der Waals surface area contributed by atoms with Crippen LogP contribution in [0.3, 0.4) is 0 Å². The highest BCUT2D eigenvalue weighted by Gasteiger charge is 2.12. The van der Waals surface area contributed by atoms with Crippen molar-refractivity contribution in [3.05, 3.63) is 46.7 Å². The molecule has 1 amide bonds. The van der Waals surface area contributed by atoms with Crippen LogP contribution in [0.4, 0.5) is 5.69 Å². The van der Waals surface area contributed by atoms with Crippen molar-refractivity contribution in [1.82, 2.24) is 4.57 Å². The Kier molecular flexibility index (Phi) is 3.19. The van der Waals surface area contributed by atoms with E-state index in [0.717, 1.165) is 4.47 Å².